The van der Waals surface area contributed by atoms with Crippen LogP contribution in [0.4, 0.5) is 0 Å². The predicted molar refractivity (Wildman–Crippen MR) is 252 cm³/mol. The van der Waals surface area contributed by atoms with Gasteiger partial charge in [-0.05, 0) is 83.8 Å². The molecule has 6 heteroatoms. The molecule has 0 aromatic carbocycles. The van der Waals surface area contributed by atoms with Gasteiger partial charge in [0.15, 0.2) is 5.78 Å². The molecule has 0 saturated carbocycles. The second-order valence-corrected chi connectivity index (χ2v) is 18.6. The first-order valence-electron chi connectivity index (χ1n) is 22.6. The Morgan fingerprint density at radius 3 is 1.88 bits per heavy atom. The number of ether oxygens (including phenoxy) is 1. The van der Waals surface area contributed by atoms with Crippen molar-refractivity contribution in [2.75, 3.05) is 6.61 Å². The molecule has 0 bridgehead atoms. The molecule has 3 atom stereocenters. The minimum atomic E-state index is -1.12. The highest BCUT2D eigenvalue weighted by atomic mass is 16.5. The predicted octanol–water partition coefficient (Wildman–Crippen LogP) is 12.9. The lowest BCUT2D eigenvalue weighted by Crippen LogP contribution is -2.48. The minimum absolute atomic E-state index is 0.0836. The number of unbranched alkanes of at least 4 members (excludes halogenated alkanes) is 9. The van der Waals surface area contributed by atoms with E-state index in [9.17, 15) is 24.9 Å². The summed E-state index contributed by atoms with van der Waals surface area (Å²) in [4.78, 5) is 26.4. The zero-order chi connectivity index (χ0) is 44.8. The van der Waals surface area contributed by atoms with Crippen LogP contribution in [0.25, 0.3) is 0 Å². The Morgan fingerprint density at radius 2 is 1.30 bits per heavy atom. The van der Waals surface area contributed by atoms with E-state index in [1.807, 2.05) is 121 Å². The van der Waals surface area contributed by atoms with E-state index in [0.717, 1.165) is 52.7 Å². The van der Waals surface area contributed by atoms with Gasteiger partial charge in [0.2, 0.25) is 0 Å². The van der Waals surface area contributed by atoms with E-state index in [-0.39, 0.29) is 24.2 Å². The quantitative estimate of drug-likeness (QED) is 0.0294. The fourth-order valence-electron chi connectivity index (χ4n) is 8.22. The Bertz CT molecular complexity index is 1750. The average molecular weight is 825 g/mol. The smallest absolute Gasteiger partial charge is 0.330 e. The molecular weight excluding hydrogens is 745 g/mol. The Hall–Kier alpha value is -3.84. The first-order chi connectivity index (χ1) is 28.3. The molecule has 0 heterocycles. The monoisotopic (exact) mass is 825 g/mol. The van der Waals surface area contributed by atoms with Crippen LogP contribution in [0.3, 0.4) is 0 Å². The van der Waals surface area contributed by atoms with Gasteiger partial charge in [-0.3, -0.25) is 4.79 Å². The lowest BCUT2D eigenvalue weighted by Gasteiger charge is -2.46. The van der Waals surface area contributed by atoms with Gasteiger partial charge in [-0.15, -0.1) is 0 Å². The maximum absolute atomic E-state index is 13.7. The molecule has 0 aliphatic heterocycles. The molecule has 0 spiro atoms. The van der Waals surface area contributed by atoms with Gasteiger partial charge >= 0.3 is 5.97 Å². The number of allylic oxidation sites excluding steroid dienone is 16. The van der Waals surface area contributed by atoms with Gasteiger partial charge in [0, 0.05) is 23.5 Å². The van der Waals surface area contributed by atoms with Gasteiger partial charge in [-0.25, -0.2) is 4.79 Å². The first-order valence-corrected chi connectivity index (χ1v) is 22.6. The molecule has 0 fully saturated rings. The molecule has 2 aliphatic rings. The molecule has 60 heavy (non-hydrogen) atoms. The minimum Gasteiger partial charge on any atom is -0.458 e. The van der Waals surface area contributed by atoms with Crippen molar-refractivity contribution in [3.05, 3.63) is 130 Å². The van der Waals surface area contributed by atoms with Crippen molar-refractivity contribution >= 4 is 11.8 Å². The third-order valence-electron chi connectivity index (χ3n) is 12.0. The number of rotatable bonds is 24. The van der Waals surface area contributed by atoms with Gasteiger partial charge in [0.05, 0.1) is 12.2 Å². The van der Waals surface area contributed by atoms with Gasteiger partial charge in [0.25, 0.3) is 0 Å². The lowest BCUT2D eigenvalue weighted by atomic mass is 9.64. The van der Waals surface area contributed by atoms with Crippen molar-refractivity contribution in [3.63, 3.8) is 0 Å². The fraction of sp³-hybridized carbons (Fsp3) is 0.556. The highest BCUT2D eigenvalue weighted by Gasteiger charge is 2.46. The number of carbonyl (C=O) groups is 2. The number of aliphatic hydroxyl groups is 3. The van der Waals surface area contributed by atoms with Crippen LogP contribution in [0.5, 0.6) is 0 Å². The van der Waals surface area contributed by atoms with Gasteiger partial charge in [0.1, 0.15) is 12.2 Å². The van der Waals surface area contributed by atoms with Crippen LogP contribution in [-0.4, -0.2) is 51.5 Å². The van der Waals surface area contributed by atoms with Crippen molar-refractivity contribution in [2.24, 2.45) is 10.8 Å². The Kier molecular flexibility index (Phi) is 23.1. The second kappa shape index (κ2) is 26.5. The molecular formula is C54H80O6. The first kappa shape index (κ1) is 52.3. The number of hydrogen-bond donors (Lipinski definition) is 3. The van der Waals surface area contributed by atoms with E-state index in [1.54, 1.807) is 12.2 Å². The summed E-state index contributed by atoms with van der Waals surface area (Å²) in [5, 5.41) is 31.9. The number of carbonyl (C=O) groups excluding carboxylic acids is 2. The topological polar surface area (TPSA) is 104 Å². The normalized spacial score (nSPS) is 23.2. The van der Waals surface area contributed by atoms with Crippen LogP contribution < -0.4 is 0 Å². The van der Waals surface area contributed by atoms with Crippen LogP contribution in [0.2, 0.25) is 0 Å². The molecule has 0 aromatic heterocycles. The zero-order valence-corrected chi connectivity index (χ0v) is 39.0. The molecule has 1 unspecified atom stereocenters. The van der Waals surface area contributed by atoms with Crippen LogP contribution in [0.1, 0.15) is 159 Å². The molecule has 3 N–H and O–H groups in total. The summed E-state index contributed by atoms with van der Waals surface area (Å²) in [5.74, 6) is -0.527. The molecule has 0 aromatic rings. The molecule has 2 aliphatic carbocycles. The molecule has 0 amide bonds. The van der Waals surface area contributed by atoms with E-state index in [2.05, 4.69) is 20.8 Å². The van der Waals surface area contributed by atoms with Crippen molar-refractivity contribution < 1.29 is 29.6 Å². The maximum atomic E-state index is 13.7. The lowest BCUT2D eigenvalue weighted by molar-refractivity contribution is -0.137. The van der Waals surface area contributed by atoms with E-state index in [1.165, 1.54) is 51.0 Å². The van der Waals surface area contributed by atoms with E-state index in [0.29, 0.717) is 24.8 Å². The van der Waals surface area contributed by atoms with Crippen LogP contribution >= 0.6 is 0 Å². The molecule has 0 saturated heterocycles. The summed E-state index contributed by atoms with van der Waals surface area (Å²) in [6.45, 7) is 20.1. The molecule has 0 radical (unpaired) electrons. The summed E-state index contributed by atoms with van der Waals surface area (Å²) >= 11 is 0. The Morgan fingerprint density at radius 1 is 0.750 bits per heavy atom. The summed E-state index contributed by atoms with van der Waals surface area (Å²) in [6.07, 6.45) is 41.4. The Balaban J connectivity index is 2.04. The molecule has 2 rings (SSSR count). The molecule has 6 nitrogen and oxygen atoms in total. The highest BCUT2D eigenvalue weighted by Crippen LogP contribution is 2.45. The van der Waals surface area contributed by atoms with Crippen LogP contribution in [-0.2, 0) is 14.3 Å². The highest BCUT2D eigenvalue weighted by molar-refractivity contribution is 5.98. The Labute approximate surface area is 364 Å². The summed E-state index contributed by atoms with van der Waals surface area (Å²) in [7, 11) is 0. The van der Waals surface area contributed by atoms with E-state index < -0.39 is 29.2 Å². The summed E-state index contributed by atoms with van der Waals surface area (Å²) in [5.41, 5.74) is 4.46. The number of aliphatic hydroxyl groups excluding tert-OH is 2. The fourth-order valence-corrected chi connectivity index (χ4v) is 8.22. The van der Waals surface area contributed by atoms with Crippen LogP contribution in [0.15, 0.2) is 130 Å². The number of Topliss-reactive ketones (excluding diaryl/α,β-unsaturated/α-hetero) is 1. The maximum Gasteiger partial charge on any atom is 0.330 e. The third-order valence-corrected chi connectivity index (χ3v) is 12.0. The van der Waals surface area contributed by atoms with E-state index in [4.69, 9.17) is 4.74 Å². The van der Waals surface area contributed by atoms with Gasteiger partial charge in [-0.2, -0.15) is 0 Å². The average Bonchev–Trinajstić information content (AvgIpc) is 3.16. The van der Waals surface area contributed by atoms with E-state index >= 15 is 0 Å². The SMILES string of the molecule is CCCCCCCCCCC/C=C/C(=O)OC\C(=C/C=C/C(C)=C/C=C/C=C(C)/C=C/C=C(C)/C=C/[C@@]1(O)C(C)=CC(O)CC1(C)C)C(=O)CC1=C(C)C[C@@H](O)CC1(C)C. The number of esters is 1. The number of ketones is 1. The molecule has 332 valence electrons. The standard InChI is InChI=1S/C54H80O6/c1-11-12-13-14-15-16-17-18-19-20-21-32-51(58)60-40-46(50(57)37-49-44(5)35-47(55)38-52(49,7)8)31-25-30-42(3)27-23-22-26-41(2)28-24-29-43(4)33-34-54(59)45(6)36-48(56)39-53(54,9)10/h21-34,36,47-48,55-56,59H,11-20,35,37-40H2,1-10H3/b23-22+,28-24+,30-25+,32-21+,34-33+,41-26+,42-27+,43-29+,46-31+/t47-,48?,54-/m1/s1. The second-order valence-electron chi connectivity index (χ2n) is 18.6. The van der Waals surface area contributed by atoms with Crippen LogP contribution in [0, 0.1) is 10.8 Å². The van der Waals surface area contributed by atoms with Gasteiger partial charge in [-0.1, -0.05) is 193 Å². The largest absolute Gasteiger partial charge is 0.458 e. The van der Waals surface area contributed by atoms with Crippen molar-refractivity contribution in [1.82, 2.24) is 0 Å². The number of hydrogen-bond acceptors (Lipinski definition) is 6. The van der Waals surface area contributed by atoms with Gasteiger partial charge < -0.3 is 20.1 Å². The zero-order valence-electron chi connectivity index (χ0n) is 39.0. The third kappa shape index (κ3) is 18.8. The van der Waals surface area contributed by atoms with Crippen molar-refractivity contribution in [2.45, 2.75) is 177 Å². The summed E-state index contributed by atoms with van der Waals surface area (Å²) < 4.78 is 5.59. The van der Waals surface area contributed by atoms with Crippen molar-refractivity contribution in [1.29, 1.82) is 0 Å². The van der Waals surface area contributed by atoms with Crippen molar-refractivity contribution in [3.8, 4) is 0 Å². The summed E-state index contributed by atoms with van der Waals surface area (Å²) in [6, 6.07) is 0.